The van der Waals surface area contributed by atoms with Gasteiger partial charge in [-0.3, -0.25) is 0 Å². The molecular weight excluding hydrogens is 268 g/mol. The van der Waals surface area contributed by atoms with Crippen LogP contribution in [0.3, 0.4) is 0 Å². The second-order valence-electron chi connectivity index (χ2n) is 9.28. The third-order valence-electron chi connectivity index (χ3n) is 8.69. The van der Waals surface area contributed by atoms with Crippen molar-refractivity contribution >= 4 is 0 Å². The van der Waals surface area contributed by atoms with Gasteiger partial charge in [0.15, 0.2) is 0 Å². The highest BCUT2D eigenvalue weighted by Gasteiger charge is 2.58. The van der Waals surface area contributed by atoms with Crippen molar-refractivity contribution in [1.29, 1.82) is 0 Å². The van der Waals surface area contributed by atoms with Crippen molar-refractivity contribution in [3.63, 3.8) is 0 Å². The van der Waals surface area contributed by atoms with E-state index in [2.05, 4.69) is 20.1 Å². The van der Waals surface area contributed by atoms with E-state index in [-0.39, 0.29) is 0 Å². The quantitative estimate of drug-likeness (QED) is 0.544. The van der Waals surface area contributed by atoms with Gasteiger partial charge in [-0.15, -0.1) is 0 Å². The molecule has 4 aliphatic carbocycles. The van der Waals surface area contributed by atoms with Crippen LogP contribution in [0.15, 0.2) is 11.8 Å². The molecule has 4 fully saturated rings. The van der Waals surface area contributed by atoms with E-state index in [0.29, 0.717) is 10.8 Å². The maximum atomic E-state index is 5.42. The van der Waals surface area contributed by atoms with Crippen molar-refractivity contribution in [2.45, 2.75) is 78.1 Å². The molecule has 22 heavy (non-hydrogen) atoms. The molecule has 1 nitrogen and oxygen atoms in total. The van der Waals surface area contributed by atoms with E-state index >= 15 is 0 Å². The smallest absolute Gasteiger partial charge is 0.0822 e. The van der Waals surface area contributed by atoms with Gasteiger partial charge in [0.1, 0.15) is 0 Å². The molecule has 4 saturated carbocycles. The summed E-state index contributed by atoms with van der Waals surface area (Å²) in [5.74, 6) is 4.00. The van der Waals surface area contributed by atoms with Crippen molar-refractivity contribution in [3.05, 3.63) is 11.8 Å². The van der Waals surface area contributed by atoms with Crippen molar-refractivity contribution < 1.29 is 4.74 Å². The third-order valence-corrected chi connectivity index (χ3v) is 8.69. The van der Waals surface area contributed by atoms with Gasteiger partial charge in [0, 0.05) is 0 Å². The van der Waals surface area contributed by atoms with Crippen molar-refractivity contribution in [2.75, 3.05) is 7.11 Å². The van der Waals surface area contributed by atoms with Gasteiger partial charge in [0.2, 0.25) is 0 Å². The molecule has 0 aromatic heterocycles. The van der Waals surface area contributed by atoms with Gasteiger partial charge >= 0.3 is 0 Å². The zero-order valence-corrected chi connectivity index (χ0v) is 14.9. The van der Waals surface area contributed by atoms with Crippen molar-refractivity contribution in [2.24, 2.45) is 34.5 Å². The minimum atomic E-state index is 0.453. The predicted octanol–water partition coefficient (Wildman–Crippen LogP) is 5.95. The zero-order valence-electron chi connectivity index (χ0n) is 14.9. The van der Waals surface area contributed by atoms with E-state index < -0.39 is 0 Å². The summed E-state index contributed by atoms with van der Waals surface area (Å²) >= 11 is 0. The third kappa shape index (κ3) is 1.96. The number of allylic oxidation sites excluding steroid dienone is 1. The molecule has 4 rings (SSSR count). The van der Waals surface area contributed by atoms with Crippen LogP contribution in [0.1, 0.15) is 78.1 Å². The van der Waals surface area contributed by atoms with Gasteiger partial charge in [-0.25, -0.2) is 0 Å². The molecule has 0 aromatic rings. The molecule has 0 bridgehead atoms. The first-order valence-electron chi connectivity index (χ1n) is 9.82. The second-order valence-corrected chi connectivity index (χ2v) is 9.28. The highest BCUT2D eigenvalue weighted by atomic mass is 16.5. The summed E-state index contributed by atoms with van der Waals surface area (Å²) in [4.78, 5) is 0. The van der Waals surface area contributed by atoms with Gasteiger partial charge in [-0.2, -0.15) is 0 Å². The van der Waals surface area contributed by atoms with Crippen LogP contribution in [-0.2, 0) is 4.74 Å². The predicted molar refractivity (Wildman–Crippen MR) is 91.4 cm³/mol. The molecule has 0 N–H and O–H groups in total. The molecule has 6 atom stereocenters. The number of ether oxygens (including phenoxy) is 1. The van der Waals surface area contributed by atoms with Gasteiger partial charge < -0.3 is 4.74 Å². The van der Waals surface area contributed by atoms with Crippen molar-refractivity contribution in [3.8, 4) is 0 Å². The largest absolute Gasteiger partial charge is 0.504 e. The highest BCUT2D eigenvalue weighted by Crippen LogP contribution is 2.67. The monoisotopic (exact) mass is 302 g/mol. The molecule has 4 aliphatic rings. The summed E-state index contributed by atoms with van der Waals surface area (Å²) in [6, 6.07) is 0. The summed E-state index contributed by atoms with van der Waals surface area (Å²) in [5, 5.41) is 0. The maximum Gasteiger partial charge on any atom is 0.0822 e. The first-order valence-corrected chi connectivity index (χ1v) is 9.82. The fraction of sp³-hybridized carbons (Fsp3) is 0.905. The maximum absolute atomic E-state index is 5.42. The van der Waals surface area contributed by atoms with Crippen LogP contribution in [-0.4, -0.2) is 7.11 Å². The highest BCUT2D eigenvalue weighted by molar-refractivity contribution is 5.22. The average Bonchev–Trinajstić information content (AvgIpc) is 2.84. The lowest BCUT2D eigenvalue weighted by Gasteiger charge is -2.60. The Labute approximate surface area is 136 Å². The Balaban J connectivity index is 1.63. The van der Waals surface area contributed by atoms with Crippen LogP contribution in [0.2, 0.25) is 0 Å². The zero-order chi connectivity index (χ0) is 15.4. The molecule has 0 aromatic carbocycles. The summed E-state index contributed by atoms with van der Waals surface area (Å²) in [6.07, 6.45) is 16.8. The van der Waals surface area contributed by atoms with E-state index in [4.69, 9.17) is 4.74 Å². The normalized spacial score (nSPS) is 52.8. The lowest BCUT2D eigenvalue weighted by Crippen LogP contribution is -2.52. The number of rotatable bonds is 1. The summed E-state index contributed by atoms with van der Waals surface area (Å²) in [5.41, 5.74) is 2.75. The van der Waals surface area contributed by atoms with E-state index in [1.54, 1.807) is 5.57 Å². The Morgan fingerprint density at radius 2 is 1.82 bits per heavy atom. The van der Waals surface area contributed by atoms with Crippen molar-refractivity contribution in [1.82, 2.24) is 0 Å². The van der Waals surface area contributed by atoms with Crippen LogP contribution in [0.5, 0.6) is 0 Å². The Morgan fingerprint density at radius 1 is 0.955 bits per heavy atom. The lowest BCUT2D eigenvalue weighted by molar-refractivity contribution is -0.0975. The summed E-state index contributed by atoms with van der Waals surface area (Å²) < 4.78 is 5.42. The van der Waals surface area contributed by atoms with Gasteiger partial charge in [-0.05, 0) is 91.4 Å². The van der Waals surface area contributed by atoms with Crippen LogP contribution in [0, 0.1) is 34.5 Å². The average molecular weight is 303 g/mol. The Hall–Kier alpha value is -0.460. The summed E-state index contributed by atoms with van der Waals surface area (Å²) in [6.45, 7) is 5.23. The lowest BCUT2D eigenvalue weighted by atomic mass is 9.45. The van der Waals surface area contributed by atoms with Crippen LogP contribution in [0.25, 0.3) is 0 Å². The van der Waals surface area contributed by atoms with Gasteiger partial charge in [0.25, 0.3) is 0 Å². The molecule has 0 amide bonds. The standard InChI is InChI=1S/C21H34O/c1-20-12-5-4-6-15(20)7-9-17-18-10-8-16(14-22-3)21(18,2)13-11-19(17)20/h14-15,17-19H,4-13H2,1-3H3/t15?,17-,18-,19+,20-,21+/m0/s1. The molecule has 0 radical (unpaired) electrons. The summed E-state index contributed by atoms with van der Waals surface area (Å²) in [7, 11) is 1.82. The molecule has 0 saturated heterocycles. The molecule has 0 heterocycles. The minimum absolute atomic E-state index is 0.453. The van der Waals surface area contributed by atoms with Gasteiger partial charge in [-0.1, -0.05) is 26.7 Å². The second kappa shape index (κ2) is 5.28. The Morgan fingerprint density at radius 3 is 2.64 bits per heavy atom. The topological polar surface area (TPSA) is 9.23 Å². The Kier molecular flexibility index (Phi) is 3.62. The van der Waals surface area contributed by atoms with E-state index in [1.165, 1.54) is 64.2 Å². The Bertz CT molecular complexity index is 467. The molecule has 1 heteroatoms. The van der Waals surface area contributed by atoms with Crippen LogP contribution >= 0.6 is 0 Å². The van der Waals surface area contributed by atoms with E-state index in [1.807, 2.05) is 7.11 Å². The minimum Gasteiger partial charge on any atom is -0.504 e. The number of methoxy groups -OCH3 is 1. The van der Waals surface area contributed by atoms with E-state index in [9.17, 15) is 0 Å². The molecule has 0 spiro atoms. The van der Waals surface area contributed by atoms with Crippen LogP contribution in [0.4, 0.5) is 0 Å². The first-order chi connectivity index (χ1) is 10.6. The number of fused-ring (bicyclic) bond motifs is 5. The molecular formula is C21H34O. The molecule has 0 aliphatic heterocycles. The fourth-order valence-corrected chi connectivity index (χ4v) is 7.48. The number of hydrogen-bond donors (Lipinski definition) is 0. The fourth-order valence-electron chi connectivity index (χ4n) is 7.48. The molecule has 124 valence electrons. The van der Waals surface area contributed by atoms with Crippen LogP contribution < -0.4 is 0 Å². The first kappa shape index (κ1) is 15.1. The SMILES string of the molecule is COC=C1CC[C@H]2[C@@H]3CCC4CCCC[C@]4(C)[C@@H]3CC[C@]12C. The van der Waals surface area contributed by atoms with Gasteiger partial charge in [0.05, 0.1) is 13.4 Å². The molecule has 1 unspecified atom stereocenters. The van der Waals surface area contributed by atoms with E-state index in [0.717, 1.165) is 23.7 Å². The number of hydrogen-bond acceptors (Lipinski definition) is 1.